The fourth-order valence-corrected chi connectivity index (χ4v) is 2.18. The molecule has 1 aliphatic rings. The number of hydrogen-bond donors (Lipinski definition) is 1. The molecule has 6 heteroatoms. The molecule has 1 atom stereocenters. The Morgan fingerprint density at radius 2 is 1.95 bits per heavy atom. The van der Waals surface area contributed by atoms with Crippen LogP contribution < -0.4 is 14.2 Å². The van der Waals surface area contributed by atoms with Gasteiger partial charge < -0.3 is 24.2 Å². The third kappa shape index (κ3) is 3.01. The minimum absolute atomic E-state index is 0.0244. The summed E-state index contributed by atoms with van der Waals surface area (Å²) in [6, 6.07) is 5.04. The number of likely N-dealkylation sites (N-methyl/N-ethyl adjacent to an activating group) is 1. The predicted octanol–water partition coefficient (Wildman–Crippen LogP) is 1.93. The number of carbonyl (C=O) groups is 1. The van der Waals surface area contributed by atoms with E-state index in [1.807, 2.05) is 13.8 Å². The highest BCUT2D eigenvalue weighted by Gasteiger charge is 2.31. The first-order valence-corrected chi connectivity index (χ1v) is 7.27. The van der Waals surface area contributed by atoms with Crippen LogP contribution in [0.5, 0.6) is 17.2 Å². The number of hydrogen-bond acceptors (Lipinski definition) is 5. The van der Waals surface area contributed by atoms with Gasteiger partial charge in [-0.2, -0.15) is 0 Å². The molecule has 1 amide bonds. The fourth-order valence-electron chi connectivity index (χ4n) is 2.18. The van der Waals surface area contributed by atoms with Crippen LogP contribution in [0.15, 0.2) is 29.7 Å². The van der Waals surface area contributed by atoms with Gasteiger partial charge in [0.05, 0.1) is 7.11 Å². The maximum atomic E-state index is 12.5. The summed E-state index contributed by atoms with van der Waals surface area (Å²) in [4.78, 5) is 14.1. The number of rotatable bonds is 5. The molecule has 0 aromatic heterocycles. The van der Waals surface area contributed by atoms with Crippen molar-refractivity contribution in [3.05, 3.63) is 29.7 Å². The first kappa shape index (κ1) is 16.2. The van der Waals surface area contributed by atoms with Crippen LogP contribution in [0.25, 0.3) is 0 Å². The largest absolute Gasteiger partial charge is 0.497 e. The van der Waals surface area contributed by atoms with Crippen LogP contribution >= 0.6 is 0 Å². The summed E-state index contributed by atoms with van der Waals surface area (Å²) in [5.41, 5.74) is 0. The number of ether oxygens (including phenoxy) is 3. The van der Waals surface area contributed by atoms with Crippen LogP contribution in [0.1, 0.15) is 20.8 Å². The number of fused-ring (bicyclic) bond motifs is 1. The van der Waals surface area contributed by atoms with E-state index < -0.39 is 6.10 Å². The summed E-state index contributed by atoms with van der Waals surface area (Å²) in [6.45, 7) is 6.38. The molecule has 0 bridgehead atoms. The van der Waals surface area contributed by atoms with Gasteiger partial charge in [-0.25, -0.2) is 0 Å². The Kier molecular flexibility index (Phi) is 4.92. The second-order valence-corrected chi connectivity index (χ2v) is 4.86. The maximum absolute atomic E-state index is 12.5. The standard InChI is InChI=1S/C16H21NO5/c1-5-17(6-2)16(19)15-14(10(3)18)22-13-9-11(20-4)7-8-12(13)21-15/h7-10,18H,5-6H2,1-4H3. The number of benzene rings is 1. The second-order valence-electron chi connectivity index (χ2n) is 4.86. The highest BCUT2D eigenvalue weighted by atomic mass is 16.6. The van der Waals surface area contributed by atoms with Crippen molar-refractivity contribution in [3.63, 3.8) is 0 Å². The molecule has 0 saturated heterocycles. The first-order valence-electron chi connectivity index (χ1n) is 7.27. The molecule has 22 heavy (non-hydrogen) atoms. The molecular formula is C16H21NO5. The molecule has 0 fully saturated rings. The minimum Gasteiger partial charge on any atom is -0.497 e. The van der Waals surface area contributed by atoms with Gasteiger partial charge in [0.1, 0.15) is 11.9 Å². The smallest absolute Gasteiger partial charge is 0.293 e. The van der Waals surface area contributed by atoms with Gasteiger partial charge in [-0.05, 0) is 32.9 Å². The molecule has 1 aromatic carbocycles. The van der Waals surface area contributed by atoms with Crippen LogP contribution in [0, 0.1) is 0 Å². The van der Waals surface area contributed by atoms with E-state index in [4.69, 9.17) is 14.2 Å². The molecule has 6 nitrogen and oxygen atoms in total. The lowest BCUT2D eigenvalue weighted by atomic mass is 10.2. The molecule has 2 rings (SSSR count). The molecule has 0 aliphatic carbocycles. The van der Waals surface area contributed by atoms with E-state index >= 15 is 0 Å². The molecule has 0 saturated carbocycles. The molecule has 0 radical (unpaired) electrons. The Bertz CT molecular complexity index is 590. The summed E-state index contributed by atoms with van der Waals surface area (Å²) in [6.07, 6.45) is -0.964. The number of carbonyl (C=O) groups excluding carboxylic acids is 1. The van der Waals surface area contributed by atoms with E-state index in [-0.39, 0.29) is 17.4 Å². The van der Waals surface area contributed by atoms with Gasteiger partial charge in [-0.15, -0.1) is 0 Å². The minimum atomic E-state index is -0.964. The van der Waals surface area contributed by atoms with Crippen molar-refractivity contribution in [1.29, 1.82) is 0 Å². The molecule has 120 valence electrons. The van der Waals surface area contributed by atoms with E-state index in [9.17, 15) is 9.90 Å². The molecule has 1 unspecified atom stereocenters. The van der Waals surface area contributed by atoms with Gasteiger partial charge in [0, 0.05) is 19.2 Å². The number of aliphatic hydroxyl groups is 1. The highest BCUT2D eigenvalue weighted by molar-refractivity contribution is 5.93. The van der Waals surface area contributed by atoms with E-state index in [2.05, 4.69) is 0 Å². The van der Waals surface area contributed by atoms with Gasteiger partial charge >= 0.3 is 0 Å². The zero-order valence-electron chi connectivity index (χ0n) is 13.3. The quantitative estimate of drug-likeness (QED) is 0.900. The summed E-state index contributed by atoms with van der Waals surface area (Å²) in [7, 11) is 1.55. The number of methoxy groups -OCH3 is 1. The van der Waals surface area contributed by atoms with Crippen molar-refractivity contribution >= 4 is 5.91 Å². The third-order valence-electron chi connectivity index (χ3n) is 3.43. The predicted molar refractivity (Wildman–Crippen MR) is 80.9 cm³/mol. The topological polar surface area (TPSA) is 68.2 Å². The fraction of sp³-hybridized carbons (Fsp3) is 0.438. The Labute approximate surface area is 129 Å². The maximum Gasteiger partial charge on any atom is 0.293 e. The van der Waals surface area contributed by atoms with Crippen molar-refractivity contribution < 1.29 is 24.1 Å². The van der Waals surface area contributed by atoms with Gasteiger partial charge in [-0.3, -0.25) is 4.79 Å². The van der Waals surface area contributed by atoms with Gasteiger partial charge in [0.2, 0.25) is 5.76 Å². The molecule has 0 spiro atoms. The lowest BCUT2D eigenvalue weighted by Gasteiger charge is -2.27. The van der Waals surface area contributed by atoms with E-state index in [1.54, 1.807) is 30.2 Å². The van der Waals surface area contributed by atoms with Gasteiger partial charge in [-0.1, -0.05) is 0 Å². The summed E-state index contributed by atoms with van der Waals surface area (Å²) in [5.74, 6) is 1.26. The zero-order valence-corrected chi connectivity index (χ0v) is 13.3. The number of aliphatic hydroxyl groups excluding tert-OH is 1. The normalized spacial score (nSPS) is 14.6. The van der Waals surface area contributed by atoms with Crippen molar-refractivity contribution in [2.24, 2.45) is 0 Å². The van der Waals surface area contributed by atoms with E-state index in [1.165, 1.54) is 6.92 Å². The summed E-state index contributed by atoms with van der Waals surface area (Å²) >= 11 is 0. The zero-order chi connectivity index (χ0) is 16.3. The lowest BCUT2D eigenvalue weighted by molar-refractivity contribution is -0.129. The Morgan fingerprint density at radius 1 is 1.27 bits per heavy atom. The van der Waals surface area contributed by atoms with E-state index in [0.29, 0.717) is 30.3 Å². The highest BCUT2D eigenvalue weighted by Crippen LogP contribution is 2.39. The summed E-state index contributed by atoms with van der Waals surface area (Å²) < 4.78 is 16.5. The average molecular weight is 307 g/mol. The molecular weight excluding hydrogens is 286 g/mol. The van der Waals surface area contributed by atoms with Crippen LogP contribution in [0.2, 0.25) is 0 Å². The lowest BCUT2D eigenvalue weighted by Crippen LogP contribution is -2.36. The monoisotopic (exact) mass is 307 g/mol. The van der Waals surface area contributed by atoms with Crippen molar-refractivity contribution in [2.75, 3.05) is 20.2 Å². The molecule has 1 aromatic rings. The number of amides is 1. The molecule has 1 N–H and O–H groups in total. The molecule has 1 heterocycles. The average Bonchev–Trinajstić information content (AvgIpc) is 2.53. The van der Waals surface area contributed by atoms with Gasteiger partial charge in [0.25, 0.3) is 5.91 Å². The van der Waals surface area contributed by atoms with Crippen LogP contribution in [-0.2, 0) is 4.79 Å². The Hall–Kier alpha value is -2.21. The first-order chi connectivity index (χ1) is 10.5. The SMILES string of the molecule is CCN(CC)C(=O)C1=C(C(C)O)Oc2cc(OC)ccc2O1. The summed E-state index contributed by atoms with van der Waals surface area (Å²) in [5, 5.41) is 9.91. The van der Waals surface area contributed by atoms with E-state index in [0.717, 1.165) is 0 Å². The third-order valence-corrected chi connectivity index (χ3v) is 3.43. The molecule has 1 aliphatic heterocycles. The van der Waals surface area contributed by atoms with Gasteiger partial charge in [0.15, 0.2) is 17.3 Å². The van der Waals surface area contributed by atoms with Crippen LogP contribution in [0.3, 0.4) is 0 Å². The van der Waals surface area contributed by atoms with Crippen LogP contribution in [0.4, 0.5) is 0 Å². The van der Waals surface area contributed by atoms with Crippen molar-refractivity contribution in [2.45, 2.75) is 26.9 Å². The van der Waals surface area contributed by atoms with Crippen molar-refractivity contribution in [1.82, 2.24) is 4.90 Å². The number of nitrogens with zero attached hydrogens (tertiary/aromatic N) is 1. The van der Waals surface area contributed by atoms with Crippen molar-refractivity contribution in [3.8, 4) is 17.2 Å². The van der Waals surface area contributed by atoms with Crippen LogP contribution in [-0.4, -0.2) is 42.2 Å². The Morgan fingerprint density at radius 3 is 2.50 bits per heavy atom. The second kappa shape index (κ2) is 6.70. The Balaban J connectivity index is 2.40.